The van der Waals surface area contributed by atoms with E-state index in [1.54, 1.807) is 17.7 Å². The summed E-state index contributed by atoms with van der Waals surface area (Å²) in [5.41, 5.74) is 1.71. The number of carbonyl (C=O) groups is 1. The van der Waals surface area contributed by atoms with Gasteiger partial charge in [0.05, 0.1) is 12.2 Å². The quantitative estimate of drug-likeness (QED) is 0.860. The molecule has 1 aromatic heterocycles. The van der Waals surface area contributed by atoms with Gasteiger partial charge in [0.15, 0.2) is 0 Å². The van der Waals surface area contributed by atoms with Gasteiger partial charge in [0.1, 0.15) is 5.75 Å². The first-order valence-corrected chi connectivity index (χ1v) is 8.78. The lowest BCUT2D eigenvalue weighted by molar-refractivity contribution is 0.0709. The number of nitrogens with zero attached hydrogens (tertiary/aromatic N) is 2. The van der Waals surface area contributed by atoms with E-state index in [-0.39, 0.29) is 11.5 Å². The number of para-hydroxylation sites is 1. The molecule has 1 saturated heterocycles. The topological polar surface area (TPSA) is 51.5 Å². The van der Waals surface area contributed by atoms with E-state index in [2.05, 4.69) is 0 Å². The molecule has 0 aliphatic carbocycles. The van der Waals surface area contributed by atoms with Crippen LogP contribution in [0.1, 0.15) is 41.6 Å². The fraction of sp³-hybridized carbons (Fsp3) is 0.400. The van der Waals surface area contributed by atoms with Crippen LogP contribution in [0.4, 0.5) is 0 Å². The Morgan fingerprint density at radius 2 is 1.92 bits per heavy atom. The van der Waals surface area contributed by atoms with E-state index < -0.39 is 0 Å². The minimum atomic E-state index is 0.0154. The molecule has 132 valence electrons. The lowest BCUT2D eigenvalue weighted by atomic mass is 9.90. The van der Waals surface area contributed by atoms with Crippen molar-refractivity contribution in [1.29, 1.82) is 0 Å². The monoisotopic (exact) mass is 340 g/mol. The molecule has 0 saturated carbocycles. The van der Waals surface area contributed by atoms with Crippen molar-refractivity contribution in [3.05, 3.63) is 64.1 Å². The summed E-state index contributed by atoms with van der Waals surface area (Å²) >= 11 is 0. The van der Waals surface area contributed by atoms with E-state index in [1.165, 1.54) is 0 Å². The third kappa shape index (κ3) is 3.76. The highest BCUT2D eigenvalue weighted by Crippen LogP contribution is 2.29. The zero-order valence-electron chi connectivity index (χ0n) is 14.8. The molecule has 1 aliphatic heterocycles. The predicted octanol–water partition coefficient (Wildman–Crippen LogP) is 2.80. The number of hydrogen-bond acceptors (Lipinski definition) is 3. The second-order valence-electron chi connectivity index (χ2n) is 6.40. The Morgan fingerprint density at radius 3 is 2.60 bits per heavy atom. The molecule has 1 fully saturated rings. The number of rotatable bonds is 4. The number of likely N-dealkylation sites (tertiary alicyclic amines) is 1. The van der Waals surface area contributed by atoms with Crippen LogP contribution in [0.15, 0.2) is 47.4 Å². The SMILES string of the molecule is CCOc1ccccc1C(=O)N1CCC(c2ccn(C)c(=O)c2)CC1. The number of benzene rings is 1. The number of amides is 1. The average Bonchev–Trinajstić information content (AvgIpc) is 2.64. The van der Waals surface area contributed by atoms with Crippen molar-refractivity contribution in [2.24, 2.45) is 7.05 Å². The highest BCUT2D eigenvalue weighted by molar-refractivity contribution is 5.97. The fourth-order valence-corrected chi connectivity index (χ4v) is 3.33. The standard InChI is InChI=1S/C20H24N2O3/c1-3-25-18-7-5-4-6-17(18)20(24)22-12-9-15(10-13-22)16-8-11-21(2)19(23)14-16/h4-8,11,14-15H,3,9-10,12-13H2,1-2H3. The van der Waals surface area contributed by atoms with Crippen molar-refractivity contribution >= 4 is 5.91 Å². The average molecular weight is 340 g/mol. The van der Waals surface area contributed by atoms with Crippen LogP contribution >= 0.6 is 0 Å². The zero-order chi connectivity index (χ0) is 17.8. The molecule has 1 amide bonds. The highest BCUT2D eigenvalue weighted by atomic mass is 16.5. The maximum Gasteiger partial charge on any atom is 0.257 e. The molecular weight excluding hydrogens is 316 g/mol. The van der Waals surface area contributed by atoms with Crippen molar-refractivity contribution in [3.63, 3.8) is 0 Å². The summed E-state index contributed by atoms with van der Waals surface area (Å²) in [6.07, 6.45) is 3.55. The lowest BCUT2D eigenvalue weighted by Crippen LogP contribution is -2.38. The number of piperidine rings is 1. The molecule has 0 bridgehead atoms. The Bertz CT molecular complexity index is 805. The van der Waals surface area contributed by atoms with Gasteiger partial charge >= 0.3 is 0 Å². The minimum Gasteiger partial charge on any atom is -0.493 e. The van der Waals surface area contributed by atoms with Gasteiger partial charge in [0.25, 0.3) is 11.5 Å². The minimum absolute atomic E-state index is 0.0154. The van der Waals surface area contributed by atoms with Crippen molar-refractivity contribution in [1.82, 2.24) is 9.47 Å². The molecule has 1 aromatic carbocycles. The summed E-state index contributed by atoms with van der Waals surface area (Å²) < 4.78 is 7.16. The zero-order valence-corrected chi connectivity index (χ0v) is 14.8. The van der Waals surface area contributed by atoms with Crippen LogP contribution in [0.25, 0.3) is 0 Å². The van der Waals surface area contributed by atoms with Gasteiger partial charge in [-0.3, -0.25) is 9.59 Å². The molecule has 2 heterocycles. The summed E-state index contributed by atoms with van der Waals surface area (Å²) in [5.74, 6) is 0.996. The number of ether oxygens (including phenoxy) is 1. The van der Waals surface area contributed by atoms with Crippen molar-refractivity contribution in [2.45, 2.75) is 25.7 Å². The molecule has 1 aliphatic rings. The second-order valence-corrected chi connectivity index (χ2v) is 6.40. The van der Waals surface area contributed by atoms with Gasteiger partial charge in [0.2, 0.25) is 0 Å². The van der Waals surface area contributed by atoms with E-state index in [4.69, 9.17) is 4.74 Å². The van der Waals surface area contributed by atoms with Gasteiger partial charge in [-0.05, 0) is 49.4 Å². The largest absolute Gasteiger partial charge is 0.493 e. The van der Waals surface area contributed by atoms with Crippen molar-refractivity contribution in [2.75, 3.05) is 19.7 Å². The number of pyridine rings is 1. The summed E-state index contributed by atoms with van der Waals surface area (Å²) in [5, 5.41) is 0. The summed E-state index contributed by atoms with van der Waals surface area (Å²) in [7, 11) is 1.75. The summed E-state index contributed by atoms with van der Waals surface area (Å²) in [4.78, 5) is 26.5. The van der Waals surface area contributed by atoms with E-state index in [0.29, 0.717) is 36.9 Å². The van der Waals surface area contributed by atoms with Crippen molar-refractivity contribution in [3.8, 4) is 5.75 Å². The van der Waals surface area contributed by atoms with Crippen LogP contribution in [-0.2, 0) is 7.05 Å². The predicted molar refractivity (Wildman–Crippen MR) is 97.2 cm³/mol. The van der Waals surface area contributed by atoms with Gasteiger partial charge in [-0.15, -0.1) is 0 Å². The molecule has 0 atom stereocenters. The van der Waals surface area contributed by atoms with Crippen LogP contribution < -0.4 is 10.3 Å². The van der Waals surface area contributed by atoms with Crippen LogP contribution in [-0.4, -0.2) is 35.1 Å². The van der Waals surface area contributed by atoms with Crippen LogP contribution in [0.2, 0.25) is 0 Å². The Kier molecular flexibility index (Phi) is 5.22. The molecule has 0 radical (unpaired) electrons. The molecule has 3 rings (SSSR count). The molecule has 0 unspecified atom stereocenters. The first kappa shape index (κ1) is 17.3. The Morgan fingerprint density at radius 1 is 1.20 bits per heavy atom. The van der Waals surface area contributed by atoms with Crippen LogP contribution in [0, 0.1) is 0 Å². The van der Waals surface area contributed by atoms with Crippen LogP contribution in [0.5, 0.6) is 5.75 Å². The number of hydrogen-bond donors (Lipinski definition) is 0. The molecule has 0 spiro atoms. The molecule has 2 aromatic rings. The number of aromatic nitrogens is 1. The van der Waals surface area contributed by atoms with Gasteiger partial charge in [-0.25, -0.2) is 0 Å². The van der Waals surface area contributed by atoms with E-state index >= 15 is 0 Å². The fourth-order valence-electron chi connectivity index (χ4n) is 3.33. The molecule has 5 heteroatoms. The molecule has 0 N–H and O–H groups in total. The van der Waals surface area contributed by atoms with Gasteiger partial charge < -0.3 is 14.2 Å². The first-order valence-electron chi connectivity index (χ1n) is 8.78. The van der Waals surface area contributed by atoms with Gasteiger partial charge in [-0.2, -0.15) is 0 Å². The van der Waals surface area contributed by atoms with E-state index in [1.807, 2.05) is 48.4 Å². The van der Waals surface area contributed by atoms with E-state index in [0.717, 1.165) is 18.4 Å². The van der Waals surface area contributed by atoms with Gasteiger partial charge in [-0.1, -0.05) is 12.1 Å². The summed E-state index contributed by atoms with van der Waals surface area (Å²) in [6.45, 7) is 3.84. The summed E-state index contributed by atoms with van der Waals surface area (Å²) in [6, 6.07) is 11.1. The number of aryl methyl sites for hydroxylation is 1. The smallest absolute Gasteiger partial charge is 0.257 e. The van der Waals surface area contributed by atoms with E-state index in [9.17, 15) is 9.59 Å². The Labute approximate surface area is 147 Å². The maximum atomic E-state index is 12.8. The molecular formula is C20H24N2O3. The Hall–Kier alpha value is -2.56. The highest BCUT2D eigenvalue weighted by Gasteiger charge is 2.26. The number of carbonyl (C=O) groups excluding carboxylic acids is 1. The molecule has 25 heavy (non-hydrogen) atoms. The lowest BCUT2D eigenvalue weighted by Gasteiger charge is -2.32. The third-order valence-electron chi connectivity index (χ3n) is 4.80. The Balaban J connectivity index is 1.69. The molecule has 5 nitrogen and oxygen atoms in total. The normalized spacial score (nSPS) is 15.2. The van der Waals surface area contributed by atoms with Crippen molar-refractivity contribution < 1.29 is 9.53 Å². The van der Waals surface area contributed by atoms with Crippen LogP contribution in [0.3, 0.4) is 0 Å². The maximum absolute atomic E-state index is 12.8. The third-order valence-corrected chi connectivity index (χ3v) is 4.80. The first-order chi connectivity index (χ1) is 12.1. The van der Waals surface area contributed by atoms with Gasteiger partial charge in [0, 0.05) is 32.4 Å². The second kappa shape index (κ2) is 7.55.